The highest BCUT2D eigenvalue weighted by atomic mass is 32.2. The number of aromatic nitrogens is 1. The molecule has 2 unspecified atom stereocenters. The third-order valence-electron chi connectivity index (χ3n) is 2.78. The molecule has 2 atom stereocenters. The van der Waals surface area contributed by atoms with E-state index in [0.717, 1.165) is 6.20 Å². The van der Waals surface area contributed by atoms with Crippen molar-refractivity contribution in [2.45, 2.75) is 24.3 Å². The lowest BCUT2D eigenvalue weighted by atomic mass is 10.2. The molecule has 1 saturated heterocycles. The van der Waals surface area contributed by atoms with Gasteiger partial charge in [0.2, 0.25) is 5.95 Å². The van der Waals surface area contributed by atoms with E-state index >= 15 is 0 Å². The van der Waals surface area contributed by atoms with Gasteiger partial charge in [0.05, 0.1) is 5.56 Å². The van der Waals surface area contributed by atoms with Gasteiger partial charge in [-0.1, -0.05) is 13.8 Å². The van der Waals surface area contributed by atoms with Gasteiger partial charge in [-0.2, -0.15) is 16.2 Å². The first kappa shape index (κ1) is 13.3. The summed E-state index contributed by atoms with van der Waals surface area (Å²) < 4.78 is 26.5. The SMILES string of the molecule is CC1CN(C(=O)c2ccnc(F)c2F)CC(C)S1. The third-order valence-corrected chi connectivity index (χ3v) is 4.01. The maximum atomic E-state index is 13.5. The van der Waals surface area contributed by atoms with E-state index in [2.05, 4.69) is 4.98 Å². The lowest BCUT2D eigenvalue weighted by Crippen LogP contribution is -2.44. The summed E-state index contributed by atoms with van der Waals surface area (Å²) in [4.78, 5) is 16.9. The molecule has 0 bridgehead atoms. The zero-order valence-corrected chi connectivity index (χ0v) is 11.0. The van der Waals surface area contributed by atoms with Gasteiger partial charge in [0.25, 0.3) is 5.91 Å². The number of thioether (sulfide) groups is 1. The number of hydrogen-bond acceptors (Lipinski definition) is 3. The van der Waals surface area contributed by atoms with Crippen molar-refractivity contribution in [3.05, 3.63) is 29.6 Å². The Labute approximate surface area is 109 Å². The average Bonchev–Trinajstić information content (AvgIpc) is 2.30. The molecule has 1 amide bonds. The highest BCUT2D eigenvalue weighted by Gasteiger charge is 2.28. The van der Waals surface area contributed by atoms with Crippen LogP contribution < -0.4 is 0 Å². The highest BCUT2D eigenvalue weighted by molar-refractivity contribution is 8.00. The molecule has 0 spiro atoms. The van der Waals surface area contributed by atoms with Crippen LogP contribution in [0.1, 0.15) is 24.2 Å². The number of rotatable bonds is 1. The van der Waals surface area contributed by atoms with Crippen LogP contribution >= 0.6 is 11.8 Å². The van der Waals surface area contributed by atoms with Crippen molar-refractivity contribution in [1.82, 2.24) is 9.88 Å². The predicted molar refractivity (Wildman–Crippen MR) is 66.6 cm³/mol. The largest absolute Gasteiger partial charge is 0.336 e. The smallest absolute Gasteiger partial charge is 0.257 e. The molecule has 0 aliphatic carbocycles. The minimum absolute atomic E-state index is 0.242. The van der Waals surface area contributed by atoms with Crippen molar-refractivity contribution >= 4 is 17.7 Å². The quantitative estimate of drug-likeness (QED) is 0.736. The van der Waals surface area contributed by atoms with Crippen LogP contribution in [0.2, 0.25) is 0 Å². The minimum atomic E-state index is -1.23. The van der Waals surface area contributed by atoms with Gasteiger partial charge >= 0.3 is 0 Å². The van der Waals surface area contributed by atoms with E-state index in [1.165, 1.54) is 6.07 Å². The minimum Gasteiger partial charge on any atom is -0.336 e. The van der Waals surface area contributed by atoms with E-state index in [1.54, 1.807) is 16.7 Å². The van der Waals surface area contributed by atoms with Crippen LogP contribution in [0.25, 0.3) is 0 Å². The first-order valence-electron chi connectivity index (χ1n) is 5.73. The van der Waals surface area contributed by atoms with Crippen molar-refractivity contribution in [2.24, 2.45) is 0 Å². The Hall–Kier alpha value is -1.17. The zero-order chi connectivity index (χ0) is 13.3. The van der Waals surface area contributed by atoms with Crippen LogP contribution in [-0.4, -0.2) is 39.4 Å². The van der Waals surface area contributed by atoms with Gasteiger partial charge in [0, 0.05) is 29.8 Å². The number of hydrogen-bond donors (Lipinski definition) is 0. The van der Waals surface area contributed by atoms with Gasteiger partial charge in [-0.05, 0) is 6.07 Å². The molecule has 2 heterocycles. The van der Waals surface area contributed by atoms with Gasteiger partial charge in [-0.15, -0.1) is 0 Å². The Bertz CT molecular complexity index is 459. The maximum Gasteiger partial charge on any atom is 0.257 e. The van der Waals surface area contributed by atoms with E-state index in [1.807, 2.05) is 13.8 Å². The molecule has 3 nitrogen and oxygen atoms in total. The fraction of sp³-hybridized carbons (Fsp3) is 0.500. The molecule has 2 rings (SSSR count). The van der Waals surface area contributed by atoms with Crippen LogP contribution in [0, 0.1) is 11.8 Å². The average molecular weight is 272 g/mol. The summed E-state index contributed by atoms with van der Waals surface area (Å²) in [6, 6.07) is 1.22. The molecule has 0 aromatic carbocycles. The molecule has 1 aromatic heterocycles. The summed E-state index contributed by atoms with van der Waals surface area (Å²) in [5, 5.41) is 0.597. The molecule has 0 saturated carbocycles. The van der Waals surface area contributed by atoms with Crippen molar-refractivity contribution in [2.75, 3.05) is 13.1 Å². The van der Waals surface area contributed by atoms with E-state index in [4.69, 9.17) is 0 Å². The number of carbonyl (C=O) groups excluding carboxylic acids is 1. The molecule has 98 valence electrons. The van der Waals surface area contributed by atoms with Crippen molar-refractivity contribution in [1.29, 1.82) is 0 Å². The second-order valence-corrected chi connectivity index (χ2v) is 6.31. The van der Waals surface area contributed by atoms with Crippen molar-refractivity contribution in [3.63, 3.8) is 0 Å². The first-order chi connectivity index (χ1) is 8.49. The summed E-state index contributed by atoms with van der Waals surface area (Å²) in [5.41, 5.74) is -0.242. The van der Waals surface area contributed by atoms with Crippen LogP contribution in [0.3, 0.4) is 0 Å². The molecule has 0 N–H and O–H groups in total. The number of carbonyl (C=O) groups is 1. The van der Waals surface area contributed by atoms with E-state index < -0.39 is 17.7 Å². The number of nitrogens with zero attached hydrogens (tertiary/aromatic N) is 2. The number of amides is 1. The molecule has 18 heavy (non-hydrogen) atoms. The second-order valence-electron chi connectivity index (χ2n) is 4.43. The van der Waals surface area contributed by atoms with Gasteiger partial charge in [-0.3, -0.25) is 4.79 Å². The fourth-order valence-electron chi connectivity index (χ4n) is 2.10. The Kier molecular flexibility index (Phi) is 3.85. The van der Waals surface area contributed by atoms with Crippen LogP contribution in [0.4, 0.5) is 8.78 Å². The number of pyridine rings is 1. The maximum absolute atomic E-state index is 13.5. The Morgan fingerprint density at radius 3 is 2.61 bits per heavy atom. The fourth-order valence-corrected chi connectivity index (χ4v) is 3.42. The van der Waals surface area contributed by atoms with Gasteiger partial charge in [0.15, 0.2) is 5.82 Å². The lowest BCUT2D eigenvalue weighted by molar-refractivity contribution is 0.0747. The van der Waals surface area contributed by atoms with Crippen LogP contribution in [-0.2, 0) is 0 Å². The van der Waals surface area contributed by atoms with Crippen molar-refractivity contribution in [3.8, 4) is 0 Å². The molecule has 6 heteroatoms. The monoisotopic (exact) mass is 272 g/mol. The first-order valence-corrected chi connectivity index (χ1v) is 6.68. The second kappa shape index (κ2) is 5.22. The Morgan fingerprint density at radius 1 is 1.39 bits per heavy atom. The topological polar surface area (TPSA) is 33.2 Å². The Balaban J connectivity index is 2.23. The lowest BCUT2D eigenvalue weighted by Gasteiger charge is -2.34. The highest BCUT2D eigenvalue weighted by Crippen LogP contribution is 2.26. The summed E-state index contributed by atoms with van der Waals surface area (Å²) in [7, 11) is 0. The zero-order valence-electron chi connectivity index (χ0n) is 10.2. The third kappa shape index (κ3) is 2.63. The van der Waals surface area contributed by atoms with Crippen molar-refractivity contribution < 1.29 is 13.6 Å². The molecule has 0 radical (unpaired) electrons. The number of halogens is 2. The van der Waals surface area contributed by atoms with E-state index in [-0.39, 0.29) is 5.56 Å². The van der Waals surface area contributed by atoms with E-state index in [0.29, 0.717) is 23.6 Å². The van der Waals surface area contributed by atoms with Gasteiger partial charge in [-0.25, -0.2) is 9.37 Å². The molecular formula is C12H14F2N2OS. The summed E-state index contributed by atoms with van der Waals surface area (Å²) in [5.74, 6) is -2.86. The van der Waals surface area contributed by atoms with Gasteiger partial charge in [0.1, 0.15) is 0 Å². The normalized spacial score (nSPS) is 24.1. The molecular weight excluding hydrogens is 258 g/mol. The standard InChI is InChI=1S/C12H14F2N2OS/c1-7-5-16(6-8(2)18-7)12(17)9-3-4-15-11(14)10(9)13/h3-4,7-8H,5-6H2,1-2H3. The summed E-state index contributed by atoms with van der Waals surface area (Å²) >= 11 is 1.79. The Morgan fingerprint density at radius 2 is 2.00 bits per heavy atom. The predicted octanol–water partition coefficient (Wildman–Crippen LogP) is 2.33. The van der Waals surface area contributed by atoms with Gasteiger partial charge < -0.3 is 4.90 Å². The molecule has 1 aliphatic heterocycles. The molecule has 1 aliphatic rings. The molecule has 1 fully saturated rings. The van der Waals surface area contributed by atoms with E-state index in [9.17, 15) is 13.6 Å². The van der Waals surface area contributed by atoms with Crippen LogP contribution in [0.15, 0.2) is 12.3 Å². The summed E-state index contributed by atoms with van der Waals surface area (Å²) in [6.45, 7) is 5.14. The molecule has 1 aromatic rings. The summed E-state index contributed by atoms with van der Waals surface area (Å²) in [6.07, 6.45) is 1.11. The van der Waals surface area contributed by atoms with Crippen LogP contribution in [0.5, 0.6) is 0 Å².